The fraction of sp³-hybridized carbons (Fsp3) is 0.235. The lowest BCUT2D eigenvalue weighted by atomic mass is 10.1. The third-order valence-corrected chi connectivity index (χ3v) is 7.42. The van der Waals surface area contributed by atoms with E-state index < -0.39 is 17.4 Å². The van der Waals surface area contributed by atoms with Gasteiger partial charge in [-0.3, -0.25) is 4.79 Å². The van der Waals surface area contributed by atoms with Gasteiger partial charge >= 0.3 is 6.03 Å². The Balaban J connectivity index is 1.26. The summed E-state index contributed by atoms with van der Waals surface area (Å²) in [6.45, 7) is 7.24. The highest BCUT2D eigenvalue weighted by atomic mass is 19.1. The number of rotatable bonds is 7. The van der Waals surface area contributed by atoms with Crippen molar-refractivity contribution in [1.82, 2.24) is 9.97 Å². The van der Waals surface area contributed by atoms with Gasteiger partial charge in [0.1, 0.15) is 28.8 Å². The van der Waals surface area contributed by atoms with Crippen LogP contribution in [0.3, 0.4) is 0 Å². The van der Waals surface area contributed by atoms with Crippen LogP contribution in [-0.4, -0.2) is 53.3 Å². The van der Waals surface area contributed by atoms with Gasteiger partial charge in [-0.1, -0.05) is 6.07 Å². The van der Waals surface area contributed by atoms with Crippen LogP contribution in [0.4, 0.5) is 32.1 Å². The summed E-state index contributed by atoms with van der Waals surface area (Å²) in [5.74, 6) is 1.36. The van der Waals surface area contributed by atoms with E-state index in [4.69, 9.17) is 19.1 Å². The van der Waals surface area contributed by atoms with Crippen molar-refractivity contribution in [2.75, 3.05) is 47.2 Å². The van der Waals surface area contributed by atoms with Crippen LogP contribution < -0.4 is 20.9 Å². The molecule has 0 aliphatic carbocycles. The molecule has 0 unspecified atom stereocenters. The van der Waals surface area contributed by atoms with Gasteiger partial charge in [0.2, 0.25) is 5.91 Å². The van der Waals surface area contributed by atoms with Crippen molar-refractivity contribution in [2.24, 2.45) is 0 Å². The lowest BCUT2D eigenvalue weighted by Crippen LogP contribution is -2.37. The van der Waals surface area contributed by atoms with Crippen LogP contribution in [0.15, 0.2) is 77.2 Å². The number of carbonyl (C=O) groups excluding carboxylic acids is 2. The zero-order valence-corrected chi connectivity index (χ0v) is 25.6. The Bertz CT molecular complexity index is 1910. The molecule has 1 aliphatic heterocycles. The number of ether oxygens (including phenoxy) is 1. The van der Waals surface area contributed by atoms with Crippen LogP contribution in [0.25, 0.3) is 33.6 Å². The number of halogens is 1. The van der Waals surface area contributed by atoms with Gasteiger partial charge in [-0.25, -0.2) is 19.2 Å². The smallest absolute Gasteiger partial charge is 0.323 e. The molecule has 1 aliphatic rings. The van der Waals surface area contributed by atoms with E-state index in [0.717, 1.165) is 33.9 Å². The Hall–Kier alpha value is -5.33. The molecular weight excluding hydrogens is 591 g/mol. The summed E-state index contributed by atoms with van der Waals surface area (Å²) in [6, 6.07) is 19.9. The van der Waals surface area contributed by atoms with Gasteiger partial charge in [-0.05, 0) is 80.6 Å². The molecule has 1 saturated heterocycles. The van der Waals surface area contributed by atoms with Crippen molar-refractivity contribution < 1.29 is 28.2 Å². The minimum Gasteiger partial charge on any atom is -0.458 e. The number of morpholine rings is 1. The highest BCUT2D eigenvalue weighted by molar-refractivity contribution is 6.00. The van der Waals surface area contributed by atoms with Crippen molar-refractivity contribution in [2.45, 2.75) is 26.4 Å². The number of urea groups is 1. The van der Waals surface area contributed by atoms with Crippen molar-refractivity contribution in [3.8, 4) is 22.7 Å². The summed E-state index contributed by atoms with van der Waals surface area (Å²) in [4.78, 5) is 35.8. The number of nitrogens with zero attached hydrogens (tertiary/aromatic N) is 3. The van der Waals surface area contributed by atoms with E-state index in [2.05, 4.69) is 20.9 Å². The van der Waals surface area contributed by atoms with Crippen molar-refractivity contribution >= 4 is 45.7 Å². The quantitative estimate of drug-likeness (QED) is 0.164. The standard InChI is InChI=1S/C34H33FN6O5/c1-20(42)36-24-9-11-27(26(35)19-24)39-33(43)37-23-7-4-21(5-8-23)31-38-28-18-22(29-12-13-30(46-29)34(2,3)44)6-10-25(28)32(40-31)41-14-16-45-17-15-41/h4-13,18-19,44H,14-17H2,1-3H3,(H,36,42)(H2,37,39,43). The number of aromatic nitrogens is 2. The Morgan fingerprint density at radius 2 is 1.59 bits per heavy atom. The average Bonchev–Trinajstić information content (AvgIpc) is 3.54. The largest absolute Gasteiger partial charge is 0.458 e. The highest BCUT2D eigenvalue weighted by Gasteiger charge is 2.22. The van der Waals surface area contributed by atoms with E-state index in [1.54, 1.807) is 44.2 Å². The molecule has 11 nitrogen and oxygen atoms in total. The predicted octanol–water partition coefficient (Wildman–Crippen LogP) is 6.36. The maximum Gasteiger partial charge on any atom is 0.323 e. The number of fused-ring (bicyclic) bond motifs is 1. The van der Waals surface area contributed by atoms with Gasteiger partial charge in [0, 0.05) is 47.9 Å². The number of amides is 3. The van der Waals surface area contributed by atoms with Crippen LogP contribution >= 0.6 is 0 Å². The SMILES string of the molecule is CC(=O)Nc1ccc(NC(=O)Nc2ccc(-c3nc(N4CCOCC4)c4ccc(-c5ccc(C(C)(C)O)o5)cc4n3)cc2)c(F)c1. The van der Waals surface area contributed by atoms with Gasteiger partial charge in [-0.2, -0.15) is 0 Å². The molecule has 2 aromatic heterocycles. The molecule has 3 heterocycles. The number of aliphatic hydroxyl groups is 1. The molecule has 6 rings (SSSR count). The van der Waals surface area contributed by atoms with Crippen LogP contribution in [0, 0.1) is 5.82 Å². The lowest BCUT2D eigenvalue weighted by Gasteiger charge is -2.29. The van der Waals surface area contributed by atoms with Crippen LogP contribution in [0.1, 0.15) is 26.5 Å². The zero-order valence-electron chi connectivity index (χ0n) is 25.6. The number of hydrogen-bond donors (Lipinski definition) is 4. The van der Waals surface area contributed by atoms with Gasteiger partial charge in [-0.15, -0.1) is 0 Å². The number of anilines is 4. The van der Waals surface area contributed by atoms with E-state index >= 15 is 0 Å². The second-order valence-corrected chi connectivity index (χ2v) is 11.5. The first-order valence-electron chi connectivity index (χ1n) is 14.8. The molecule has 0 radical (unpaired) electrons. The number of hydrogen-bond acceptors (Lipinski definition) is 8. The molecule has 0 bridgehead atoms. The zero-order chi connectivity index (χ0) is 32.4. The minimum absolute atomic E-state index is 0.0337. The number of nitrogens with one attached hydrogen (secondary N) is 3. The topological polar surface area (TPSA) is 142 Å². The number of benzene rings is 3. The molecule has 0 saturated carbocycles. The number of furan rings is 1. The second kappa shape index (κ2) is 12.6. The third-order valence-electron chi connectivity index (χ3n) is 7.42. The molecular formula is C34H33FN6O5. The summed E-state index contributed by atoms with van der Waals surface area (Å²) in [6.07, 6.45) is 0. The first-order chi connectivity index (χ1) is 22.0. The van der Waals surface area contributed by atoms with Gasteiger partial charge in [0.15, 0.2) is 5.82 Å². The first-order valence-corrected chi connectivity index (χ1v) is 14.8. The molecule has 0 spiro atoms. The predicted molar refractivity (Wildman–Crippen MR) is 174 cm³/mol. The van der Waals surface area contributed by atoms with Gasteiger partial charge in [0.25, 0.3) is 0 Å². The Kier molecular flexibility index (Phi) is 8.39. The monoisotopic (exact) mass is 624 g/mol. The van der Waals surface area contributed by atoms with Crippen LogP contribution in [0.5, 0.6) is 0 Å². The van der Waals surface area contributed by atoms with Crippen molar-refractivity contribution in [1.29, 1.82) is 0 Å². The maximum atomic E-state index is 14.5. The van der Waals surface area contributed by atoms with Crippen LogP contribution in [-0.2, 0) is 15.1 Å². The molecule has 12 heteroatoms. The molecule has 46 heavy (non-hydrogen) atoms. The summed E-state index contributed by atoms with van der Waals surface area (Å²) < 4.78 is 26.0. The van der Waals surface area contributed by atoms with E-state index in [0.29, 0.717) is 49.3 Å². The van der Waals surface area contributed by atoms with Gasteiger partial charge < -0.3 is 35.1 Å². The highest BCUT2D eigenvalue weighted by Crippen LogP contribution is 2.34. The first kappa shape index (κ1) is 30.7. The molecule has 1 fully saturated rings. The van der Waals surface area contributed by atoms with Gasteiger partial charge in [0.05, 0.1) is 24.4 Å². The average molecular weight is 625 g/mol. The molecule has 3 amide bonds. The van der Waals surface area contributed by atoms with Crippen LogP contribution in [0.2, 0.25) is 0 Å². The van der Waals surface area contributed by atoms with E-state index in [1.165, 1.54) is 19.1 Å². The summed E-state index contributed by atoms with van der Waals surface area (Å²) in [7, 11) is 0. The fourth-order valence-corrected chi connectivity index (χ4v) is 5.12. The maximum absolute atomic E-state index is 14.5. The van der Waals surface area contributed by atoms with Crippen molar-refractivity contribution in [3.05, 3.63) is 84.4 Å². The van der Waals surface area contributed by atoms with Crippen molar-refractivity contribution in [3.63, 3.8) is 0 Å². The summed E-state index contributed by atoms with van der Waals surface area (Å²) in [5, 5.41) is 18.9. The summed E-state index contributed by atoms with van der Waals surface area (Å²) >= 11 is 0. The Morgan fingerprint density at radius 3 is 2.26 bits per heavy atom. The summed E-state index contributed by atoms with van der Waals surface area (Å²) in [5.41, 5.74) is 1.89. The number of carbonyl (C=O) groups is 2. The molecule has 236 valence electrons. The second-order valence-electron chi connectivity index (χ2n) is 11.5. The molecule has 4 N–H and O–H groups in total. The Morgan fingerprint density at radius 1 is 0.870 bits per heavy atom. The van der Waals surface area contributed by atoms with E-state index in [1.807, 2.05) is 24.3 Å². The Labute approximate surface area is 264 Å². The fourth-order valence-electron chi connectivity index (χ4n) is 5.12. The molecule has 3 aromatic carbocycles. The van der Waals surface area contributed by atoms with E-state index in [-0.39, 0.29) is 17.3 Å². The van der Waals surface area contributed by atoms with E-state index in [9.17, 15) is 19.1 Å². The lowest BCUT2D eigenvalue weighted by molar-refractivity contribution is -0.114. The third kappa shape index (κ3) is 6.82. The molecule has 0 atom stereocenters. The minimum atomic E-state index is -1.11. The normalized spacial score (nSPS) is 13.5. The molecule has 5 aromatic rings.